The number of carbonyl (C=O) groups excluding carboxylic acids is 3. The molecule has 35 heavy (non-hydrogen) atoms. The summed E-state index contributed by atoms with van der Waals surface area (Å²) in [5.41, 5.74) is 8.01. The Balaban J connectivity index is 1.47. The number of carboxylic acid groups (broad SMARTS) is 1. The lowest BCUT2D eigenvalue weighted by atomic mass is 9.88. The van der Waals surface area contributed by atoms with Gasteiger partial charge in [-0.25, -0.2) is 4.79 Å². The zero-order valence-corrected chi connectivity index (χ0v) is 19.2. The van der Waals surface area contributed by atoms with E-state index in [1.54, 1.807) is 18.1 Å². The van der Waals surface area contributed by atoms with Gasteiger partial charge >= 0.3 is 6.09 Å². The molecule has 0 saturated carbocycles. The number of pyridine rings is 1. The first-order valence-corrected chi connectivity index (χ1v) is 11.2. The number of nitrogens with zero attached hydrogens (tertiary/aromatic N) is 2. The molecule has 3 heterocycles. The molecule has 184 valence electrons. The fourth-order valence-electron chi connectivity index (χ4n) is 4.41. The smallest absolute Gasteiger partial charge is 0.405 e. The molecule has 4 rings (SSSR count). The number of rotatable bonds is 7. The minimum Gasteiger partial charge on any atom is -0.465 e. The monoisotopic (exact) mass is 481 g/mol. The van der Waals surface area contributed by atoms with Gasteiger partial charge in [-0.3, -0.25) is 19.4 Å². The van der Waals surface area contributed by atoms with E-state index in [9.17, 15) is 24.3 Å². The lowest BCUT2D eigenvalue weighted by molar-refractivity contribution is -0.134. The van der Waals surface area contributed by atoms with Crippen molar-refractivity contribution in [3.63, 3.8) is 0 Å². The van der Waals surface area contributed by atoms with Crippen LogP contribution in [0.3, 0.4) is 0 Å². The van der Waals surface area contributed by atoms with E-state index in [4.69, 9.17) is 10.5 Å². The Labute approximate surface area is 201 Å². The van der Waals surface area contributed by atoms with Crippen LogP contribution < -0.4 is 16.4 Å². The van der Waals surface area contributed by atoms with Crippen LogP contribution in [0.15, 0.2) is 36.5 Å². The molecule has 11 heteroatoms. The van der Waals surface area contributed by atoms with Crippen LogP contribution in [0.2, 0.25) is 0 Å². The van der Waals surface area contributed by atoms with E-state index >= 15 is 0 Å². The molecule has 1 atom stereocenters. The molecule has 0 radical (unpaired) electrons. The molecule has 11 nitrogen and oxygen atoms in total. The van der Waals surface area contributed by atoms with E-state index in [0.29, 0.717) is 12.2 Å². The summed E-state index contributed by atoms with van der Waals surface area (Å²) in [6.07, 6.45) is 0.775. The van der Waals surface area contributed by atoms with Gasteiger partial charge in [-0.1, -0.05) is 24.3 Å². The third-order valence-corrected chi connectivity index (χ3v) is 6.43. The van der Waals surface area contributed by atoms with Crippen LogP contribution in [0.25, 0.3) is 11.1 Å². The van der Waals surface area contributed by atoms with Crippen molar-refractivity contribution in [2.24, 2.45) is 5.73 Å². The quantitative estimate of drug-likeness (QED) is 0.451. The van der Waals surface area contributed by atoms with Crippen LogP contribution in [0.5, 0.6) is 0 Å². The summed E-state index contributed by atoms with van der Waals surface area (Å²) in [6.45, 7) is 0.953. The molecule has 2 aliphatic heterocycles. The molecule has 0 bridgehead atoms. The predicted molar refractivity (Wildman–Crippen MR) is 124 cm³/mol. The maximum atomic E-state index is 13.0. The second kappa shape index (κ2) is 9.71. The van der Waals surface area contributed by atoms with Crippen LogP contribution in [0.4, 0.5) is 4.79 Å². The molecule has 1 fully saturated rings. The number of fused-ring (bicyclic) bond motifs is 1. The number of aromatic nitrogens is 1. The molecule has 0 spiro atoms. The molecule has 2 aliphatic rings. The third-order valence-electron chi connectivity index (χ3n) is 6.43. The number of amides is 4. The van der Waals surface area contributed by atoms with Crippen molar-refractivity contribution in [1.82, 2.24) is 20.5 Å². The predicted octanol–water partition coefficient (Wildman–Crippen LogP) is 0.664. The minimum absolute atomic E-state index is 0.0949. The average Bonchev–Trinajstić information content (AvgIpc) is 3.11. The maximum absolute atomic E-state index is 13.0. The van der Waals surface area contributed by atoms with Gasteiger partial charge in [-0.05, 0) is 17.2 Å². The summed E-state index contributed by atoms with van der Waals surface area (Å²) in [4.78, 5) is 54.4. The molecular weight excluding hydrogens is 454 g/mol. The minimum atomic E-state index is -1.38. The lowest BCUT2D eigenvalue weighted by Gasteiger charge is -2.36. The molecule has 2 aromatic rings. The molecule has 1 saturated heterocycles. The first kappa shape index (κ1) is 24.1. The van der Waals surface area contributed by atoms with Crippen LogP contribution in [0, 0.1) is 0 Å². The highest BCUT2D eigenvalue weighted by atomic mass is 16.5. The molecular formula is C24H27N5O6. The summed E-state index contributed by atoms with van der Waals surface area (Å²) in [6, 6.07) is 8.29. The average molecular weight is 482 g/mol. The maximum Gasteiger partial charge on any atom is 0.405 e. The number of nitrogens with two attached hydrogens (primary N) is 1. The first-order valence-electron chi connectivity index (χ1n) is 11.2. The largest absolute Gasteiger partial charge is 0.465 e. The van der Waals surface area contributed by atoms with E-state index in [-0.39, 0.29) is 38.4 Å². The first-order chi connectivity index (χ1) is 16.7. The number of carbonyl (C=O) groups is 4. The van der Waals surface area contributed by atoms with E-state index in [0.717, 1.165) is 22.3 Å². The number of ether oxygens (including phenoxy) is 1. The number of nitrogens with one attached hydrogen (secondary N) is 2. The van der Waals surface area contributed by atoms with Crippen molar-refractivity contribution in [2.45, 2.75) is 37.4 Å². The number of hydrogen-bond donors (Lipinski definition) is 4. The zero-order chi connectivity index (χ0) is 25.2. The Bertz CT molecular complexity index is 1160. The molecule has 1 aromatic heterocycles. The van der Waals surface area contributed by atoms with Crippen molar-refractivity contribution in [1.29, 1.82) is 0 Å². The number of benzene rings is 1. The highest BCUT2D eigenvalue weighted by molar-refractivity contribution is 5.96. The van der Waals surface area contributed by atoms with E-state index < -0.39 is 29.5 Å². The second-order valence-corrected chi connectivity index (χ2v) is 8.85. The van der Waals surface area contributed by atoms with E-state index in [1.165, 1.54) is 0 Å². The van der Waals surface area contributed by atoms with Gasteiger partial charge in [0.2, 0.25) is 11.8 Å². The highest BCUT2D eigenvalue weighted by Crippen LogP contribution is 2.26. The fourth-order valence-corrected chi connectivity index (χ4v) is 4.41. The molecule has 4 amide bonds. The summed E-state index contributed by atoms with van der Waals surface area (Å²) in [5.74, 6) is -1.42. The van der Waals surface area contributed by atoms with Crippen LogP contribution in [-0.4, -0.2) is 70.6 Å². The zero-order valence-electron chi connectivity index (χ0n) is 19.2. The molecule has 1 unspecified atom stereocenters. The number of hydrogen-bond acceptors (Lipinski definition) is 6. The van der Waals surface area contributed by atoms with Gasteiger partial charge in [-0.15, -0.1) is 0 Å². The Morgan fingerprint density at radius 2 is 1.89 bits per heavy atom. The Morgan fingerprint density at radius 1 is 1.20 bits per heavy atom. The summed E-state index contributed by atoms with van der Waals surface area (Å²) in [5, 5.41) is 14.1. The summed E-state index contributed by atoms with van der Waals surface area (Å²) >= 11 is 0. The Morgan fingerprint density at radius 3 is 2.51 bits per heavy atom. The molecule has 5 N–H and O–H groups in total. The normalized spacial score (nSPS) is 17.4. The summed E-state index contributed by atoms with van der Waals surface area (Å²) in [7, 11) is 1.73. The Hall–Kier alpha value is -3.99. The van der Waals surface area contributed by atoms with Gasteiger partial charge in [0.15, 0.2) is 0 Å². The lowest BCUT2D eigenvalue weighted by Crippen LogP contribution is -2.63. The summed E-state index contributed by atoms with van der Waals surface area (Å²) < 4.78 is 5.26. The van der Waals surface area contributed by atoms with Crippen molar-refractivity contribution in [3.05, 3.63) is 53.3 Å². The van der Waals surface area contributed by atoms with Gasteiger partial charge in [0.1, 0.15) is 17.3 Å². The van der Waals surface area contributed by atoms with Gasteiger partial charge in [0, 0.05) is 63.4 Å². The van der Waals surface area contributed by atoms with Gasteiger partial charge in [-0.2, -0.15) is 0 Å². The van der Waals surface area contributed by atoms with Crippen LogP contribution in [0.1, 0.15) is 34.5 Å². The SMILES string of the molecule is CN1Cc2cc(-c3ccc(CC(NC(=O)C4(NC(=O)O)CCOCC4)C(N)=O)cc3)cnc2C1=O. The van der Waals surface area contributed by atoms with Crippen molar-refractivity contribution < 1.29 is 29.0 Å². The second-order valence-electron chi connectivity index (χ2n) is 8.85. The number of primary amides is 1. The van der Waals surface area contributed by atoms with Crippen molar-refractivity contribution in [2.75, 3.05) is 20.3 Å². The van der Waals surface area contributed by atoms with Gasteiger partial charge in [0.25, 0.3) is 5.91 Å². The third kappa shape index (κ3) is 5.09. The van der Waals surface area contributed by atoms with Crippen LogP contribution >= 0.6 is 0 Å². The van der Waals surface area contributed by atoms with Crippen molar-refractivity contribution in [3.8, 4) is 11.1 Å². The van der Waals surface area contributed by atoms with Crippen molar-refractivity contribution >= 4 is 23.8 Å². The van der Waals surface area contributed by atoms with Gasteiger partial charge in [0.05, 0.1) is 0 Å². The van der Waals surface area contributed by atoms with E-state index in [1.807, 2.05) is 30.3 Å². The fraction of sp³-hybridized carbons (Fsp3) is 0.375. The van der Waals surface area contributed by atoms with E-state index in [2.05, 4.69) is 15.6 Å². The molecule has 1 aromatic carbocycles. The topological polar surface area (TPSA) is 164 Å². The standard InChI is InChI=1S/C24H27N5O6/c1-29-13-17-11-16(12-26-19(17)21(29)31)15-4-2-14(3-5-15)10-18(20(25)30)27-22(32)24(28-23(33)34)6-8-35-9-7-24/h2-5,11-12,18,28H,6-10,13H2,1H3,(H2,25,30)(H,27,32)(H,33,34). The Kier molecular flexibility index (Phi) is 6.70. The van der Waals surface area contributed by atoms with Gasteiger partial charge < -0.3 is 31.1 Å². The molecule has 0 aliphatic carbocycles. The van der Waals surface area contributed by atoms with Crippen LogP contribution in [-0.2, 0) is 27.3 Å². The highest BCUT2D eigenvalue weighted by Gasteiger charge is 2.42.